The molecule has 2 heterocycles. The van der Waals surface area contributed by atoms with E-state index in [1.165, 1.54) is 5.56 Å². The zero-order chi connectivity index (χ0) is 13.7. The minimum absolute atomic E-state index is 0.111. The van der Waals surface area contributed by atoms with E-state index in [1.54, 1.807) is 6.20 Å². The Morgan fingerprint density at radius 1 is 1.42 bits per heavy atom. The van der Waals surface area contributed by atoms with Crippen molar-refractivity contribution in [1.29, 1.82) is 0 Å². The van der Waals surface area contributed by atoms with Gasteiger partial charge in [0.1, 0.15) is 0 Å². The largest absolute Gasteiger partial charge is 0.368 e. The molecule has 0 aliphatic carbocycles. The minimum atomic E-state index is -0.205. The number of carbonyl (C=O) groups is 1. The van der Waals surface area contributed by atoms with Crippen molar-refractivity contribution in [3.05, 3.63) is 30.1 Å². The summed E-state index contributed by atoms with van der Waals surface area (Å²) in [5.41, 5.74) is 6.67. The SMILES string of the molecule is CCC(C(N)=O)N1CCN(Cc2cccnc2)CC1. The number of rotatable bonds is 5. The second-order valence-corrected chi connectivity index (χ2v) is 5.00. The van der Waals surface area contributed by atoms with Crippen LogP contribution in [0.2, 0.25) is 0 Å². The highest BCUT2D eigenvalue weighted by atomic mass is 16.1. The molecule has 0 radical (unpaired) electrons. The summed E-state index contributed by atoms with van der Waals surface area (Å²) in [5.74, 6) is -0.205. The number of hydrogen-bond donors (Lipinski definition) is 1. The first kappa shape index (κ1) is 14.0. The predicted octanol–water partition coefficient (Wildman–Crippen LogP) is 0.463. The molecule has 2 rings (SSSR count). The number of aromatic nitrogens is 1. The van der Waals surface area contributed by atoms with E-state index < -0.39 is 0 Å². The molecule has 19 heavy (non-hydrogen) atoms. The molecule has 2 N–H and O–H groups in total. The van der Waals surface area contributed by atoms with Gasteiger partial charge in [0.2, 0.25) is 5.91 Å². The fraction of sp³-hybridized carbons (Fsp3) is 0.571. The van der Waals surface area contributed by atoms with Gasteiger partial charge in [-0.1, -0.05) is 13.0 Å². The number of carbonyl (C=O) groups excluding carboxylic acids is 1. The summed E-state index contributed by atoms with van der Waals surface area (Å²) >= 11 is 0. The van der Waals surface area contributed by atoms with Crippen LogP contribution in [0.15, 0.2) is 24.5 Å². The number of amides is 1. The number of nitrogens with zero attached hydrogens (tertiary/aromatic N) is 3. The van der Waals surface area contributed by atoms with Crippen LogP contribution in [-0.4, -0.2) is 52.9 Å². The molecular weight excluding hydrogens is 240 g/mol. The topological polar surface area (TPSA) is 62.5 Å². The fourth-order valence-corrected chi connectivity index (χ4v) is 2.62. The number of piperazine rings is 1. The summed E-state index contributed by atoms with van der Waals surface area (Å²) in [6, 6.07) is 3.95. The van der Waals surface area contributed by atoms with Crippen molar-refractivity contribution in [2.75, 3.05) is 26.2 Å². The van der Waals surface area contributed by atoms with E-state index in [0.29, 0.717) is 0 Å². The van der Waals surface area contributed by atoms with Gasteiger partial charge in [-0.3, -0.25) is 19.6 Å². The summed E-state index contributed by atoms with van der Waals surface area (Å²) in [5, 5.41) is 0. The molecule has 0 aromatic carbocycles. The average Bonchev–Trinajstić information content (AvgIpc) is 2.42. The molecule has 1 amide bonds. The molecule has 0 bridgehead atoms. The van der Waals surface area contributed by atoms with Crippen LogP contribution in [0, 0.1) is 0 Å². The van der Waals surface area contributed by atoms with Gasteiger partial charge >= 0.3 is 0 Å². The van der Waals surface area contributed by atoms with Crippen LogP contribution in [0.3, 0.4) is 0 Å². The van der Waals surface area contributed by atoms with Crippen LogP contribution in [0.25, 0.3) is 0 Å². The van der Waals surface area contributed by atoms with Gasteiger partial charge in [-0.25, -0.2) is 0 Å². The molecule has 1 unspecified atom stereocenters. The Hall–Kier alpha value is -1.46. The van der Waals surface area contributed by atoms with Crippen LogP contribution in [0.1, 0.15) is 18.9 Å². The van der Waals surface area contributed by atoms with Crippen molar-refractivity contribution in [1.82, 2.24) is 14.8 Å². The van der Waals surface area contributed by atoms with E-state index in [0.717, 1.165) is 39.1 Å². The number of nitrogens with two attached hydrogens (primary N) is 1. The predicted molar refractivity (Wildman–Crippen MR) is 74.4 cm³/mol. The van der Waals surface area contributed by atoms with Crippen molar-refractivity contribution in [3.8, 4) is 0 Å². The summed E-state index contributed by atoms with van der Waals surface area (Å²) < 4.78 is 0. The van der Waals surface area contributed by atoms with Gasteiger partial charge in [-0.05, 0) is 18.1 Å². The third-order valence-corrected chi connectivity index (χ3v) is 3.69. The maximum atomic E-state index is 11.4. The fourth-order valence-electron chi connectivity index (χ4n) is 2.62. The third kappa shape index (κ3) is 3.75. The van der Waals surface area contributed by atoms with Crippen molar-refractivity contribution in [2.24, 2.45) is 5.73 Å². The molecule has 1 saturated heterocycles. The second-order valence-electron chi connectivity index (χ2n) is 5.00. The molecule has 1 fully saturated rings. The molecule has 1 aliphatic heterocycles. The quantitative estimate of drug-likeness (QED) is 0.837. The zero-order valence-electron chi connectivity index (χ0n) is 11.5. The van der Waals surface area contributed by atoms with E-state index in [1.807, 2.05) is 19.2 Å². The molecule has 5 heteroatoms. The zero-order valence-corrected chi connectivity index (χ0v) is 11.5. The number of pyridine rings is 1. The summed E-state index contributed by atoms with van der Waals surface area (Å²) in [6.45, 7) is 6.69. The van der Waals surface area contributed by atoms with E-state index in [9.17, 15) is 4.79 Å². The minimum Gasteiger partial charge on any atom is -0.368 e. The van der Waals surface area contributed by atoms with Gasteiger partial charge < -0.3 is 5.73 Å². The van der Waals surface area contributed by atoms with Crippen molar-refractivity contribution in [3.63, 3.8) is 0 Å². The molecule has 1 aromatic heterocycles. The Morgan fingerprint density at radius 3 is 2.68 bits per heavy atom. The Kier molecular flexibility index (Phi) is 4.87. The van der Waals surface area contributed by atoms with Crippen LogP contribution < -0.4 is 5.73 Å². The summed E-state index contributed by atoms with van der Waals surface area (Å²) in [4.78, 5) is 20.1. The lowest BCUT2D eigenvalue weighted by Gasteiger charge is -2.37. The van der Waals surface area contributed by atoms with Crippen molar-refractivity contribution >= 4 is 5.91 Å². The summed E-state index contributed by atoms with van der Waals surface area (Å²) in [6.07, 6.45) is 4.49. The van der Waals surface area contributed by atoms with E-state index in [-0.39, 0.29) is 11.9 Å². The lowest BCUT2D eigenvalue weighted by Crippen LogP contribution is -2.53. The van der Waals surface area contributed by atoms with Crippen molar-refractivity contribution < 1.29 is 4.79 Å². The first-order chi connectivity index (χ1) is 9.20. The van der Waals surface area contributed by atoms with E-state index in [2.05, 4.69) is 20.9 Å². The second kappa shape index (κ2) is 6.63. The van der Waals surface area contributed by atoms with Crippen LogP contribution in [0.4, 0.5) is 0 Å². The van der Waals surface area contributed by atoms with Crippen molar-refractivity contribution in [2.45, 2.75) is 25.9 Å². The highest BCUT2D eigenvalue weighted by Crippen LogP contribution is 2.11. The van der Waals surface area contributed by atoms with E-state index in [4.69, 9.17) is 5.73 Å². The van der Waals surface area contributed by atoms with Crippen LogP contribution in [0.5, 0.6) is 0 Å². The Morgan fingerprint density at radius 2 is 2.16 bits per heavy atom. The van der Waals surface area contributed by atoms with Crippen LogP contribution in [-0.2, 0) is 11.3 Å². The average molecular weight is 262 g/mol. The molecule has 1 aromatic rings. The monoisotopic (exact) mass is 262 g/mol. The first-order valence-electron chi connectivity index (χ1n) is 6.85. The van der Waals surface area contributed by atoms with Gasteiger partial charge in [-0.2, -0.15) is 0 Å². The highest BCUT2D eigenvalue weighted by molar-refractivity contribution is 5.79. The molecule has 104 valence electrons. The van der Waals surface area contributed by atoms with Gasteiger partial charge in [0.25, 0.3) is 0 Å². The lowest BCUT2D eigenvalue weighted by atomic mass is 10.1. The highest BCUT2D eigenvalue weighted by Gasteiger charge is 2.25. The molecular formula is C14H22N4O. The smallest absolute Gasteiger partial charge is 0.234 e. The maximum Gasteiger partial charge on any atom is 0.234 e. The van der Waals surface area contributed by atoms with Gasteiger partial charge in [0.15, 0.2) is 0 Å². The normalized spacial score (nSPS) is 19.2. The third-order valence-electron chi connectivity index (χ3n) is 3.69. The Labute approximate surface area is 114 Å². The molecule has 0 saturated carbocycles. The standard InChI is InChI=1S/C14H22N4O/c1-2-13(14(15)19)18-8-6-17(7-9-18)11-12-4-3-5-16-10-12/h3-5,10,13H,2,6-9,11H2,1H3,(H2,15,19). The summed E-state index contributed by atoms with van der Waals surface area (Å²) in [7, 11) is 0. The van der Waals surface area contributed by atoms with Crippen LogP contribution >= 0.6 is 0 Å². The van der Waals surface area contributed by atoms with Gasteiger partial charge in [0, 0.05) is 45.1 Å². The molecule has 1 aliphatic rings. The number of hydrogen-bond acceptors (Lipinski definition) is 4. The van der Waals surface area contributed by atoms with Gasteiger partial charge in [0.05, 0.1) is 6.04 Å². The molecule has 1 atom stereocenters. The first-order valence-corrected chi connectivity index (χ1v) is 6.85. The maximum absolute atomic E-state index is 11.4. The lowest BCUT2D eigenvalue weighted by molar-refractivity contribution is -0.124. The molecule has 5 nitrogen and oxygen atoms in total. The molecule has 0 spiro atoms. The Balaban J connectivity index is 1.84. The van der Waals surface area contributed by atoms with E-state index >= 15 is 0 Å². The van der Waals surface area contributed by atoms with Gasteiger partial charge in [-0.15, -0.1) is 0 Å². The Bertz CT molecular complexity index is 401. The number of primary amides is 1.